The quantitative estimate of drug-likeness (QED) is 0.758. The Labute approximate surface area is 130 Å². The van der Waals surface area contributed by atoms with Gasteiger partial charge in [-0.3, -0.25) is 4.79 Å². The van der Waals surface area contributed by atoms with Gasteiger partial charge in [0.2, 0.25) is 0 Å². The highest BCUT2D eigenvalue weighted by Crippen LogP contribution is 2.41. The van der Waals surface area contributed by atoms with Crippen molar-refractivity contribution in [1.29, 1.82) is 0 Å². The van der Waals surface area contributed by atoms with Crippen molar-refractivity contribution in [1.82, 2.24) is 0 Å². The summed E-state index contributed by atoms with van der Waals surface area (Å²) >= 11 is 0. The van der Waals surface area contributed by atoms with E-state index in [1.807, 2.05) is 53.4 Å². The first-order chi connectivity index (χ1) is 10.8. The lowest BCUT2D eigenvalue weighted by Gasteiger charge is -2.34. The summed E-state index contributed by atoms with van der Waals surface area (Å²) in [4.78, 5) is 15.1. The zero-order valence-electron chi connectivity index (χ0n) is 12.5. The van der Waals surface area contributed by atoms with E-state index in [1.54, 1.807) is 0 Å². The number of anilines is 1. The largest absolute Gasteiger partial charge is 0.454 e. The second kappa shape index (κ2) is 5.48. The van der Waals surface area contributed by atoms with Gasteiger partial charge in [0.15, 0.2) is 5.75 Å². The Hall–Kier alpha value is -2.29. The molecule has 0 aromatic heterocycles. The van der Waals surface area contributed by atoms with Gasteiger partial charge in [-0.05, 0) is 37.1 Å². The molecule has 2 aromatic rings. The van der Waals surface area contributed by atoms with Crippen LogP contribution in [0.5, 0.6) is 11.5 Å². The summed E-state index contributed by atoms with van der Waals surface area (Å²) in [5.74, 6) is 1.48. The highest BCUT2D eigenvalue weighted by Gasteiger charge is 2.33. The molecule has 0 N–H and O–H groups in total. The van der Waals surface area contributed by atoms with Crippen molar-refractivity contribution < 1.29 is 9.53 Å². The third-order valence-electron chi connectivity index (χ3n) is 4.62. The maximum atomic E-state index is 13.1. The molecule has 1 saturated carbocycles. The SMILES string of the molecule is O=C1c2ccccc2Oc2ccccc2N1C1CCCCC1. The summed E-state index contributed by atoms with van der Waals surface area (Å²) in [6, 6.07) is 15.7. The fourth-order valence-corrected chi connectivity index (χ4v) is 3.53. The first-order valence-electron chi connectivity index (χ1n) is 8.04. The van der Waals surface area contributed by atoms with Crippen LogP contribution in [0.1, 0.15) is 42.5 Å². The van der Waals surface area contributed by atoms with E-state index >= 15 is 0 Å². The molecule has 1 aliphatic heterocycles. The van der Waals surface area contributed by atoms with E-state index in [4.69, 9.17) is 4.74 Å². The van der Waals surface area contributed by atoms with Gasteiger partial charge in [-0.15, -0.1) is 0 Å². The monoisotopic (exact) mass is 293 g/mol. The van der Waals surface area contributed by atoms with E-state index in [2.05, 4.69) is 0 Å². The molecule has 1 fully saturated rings. The number of hydrogen-bond acceptors (Lipinski definition) is 2. The van der Waals surface area contributed by atoms with Crippen LogP contribution in [0.4, 0.5) is 5.69 Å². The lowest BCUT2D eigenvalue weighted by molar-refractivity contribution is 0.0971. The first-order valence-corrected chi connectivity index (χ1v) is 8.04. The molecule has 0 spiro atoms. The lowest BCUT2D eigenvalue weighted by Crippen LogP contribution is -2.41. The summed E-state index contributed by atoms with van der Waals surface area (Å²) in [6.45, 7) is 0. The van der Waals surface area contributed by atoms with Crippen molar-refractivity contribution in [2.75, 3.05) is 4.90 Å². The lowest BCUT2D eigenvalue weighted by atomic mass is 9.93. The molecule has 4 rings (SSSR count). The van der Waals surface area contributed by atoms with Crippen molar-refractivity contribution in [3.05, 3.63) is 54.1 Å². The van der Waals surface area contributed by atoms with Gasteiger partial charge in [-0.25, -0.2) is 0 Å². The molecule has 22 heavy (non-hydrogen) atoms. The van der Waals surface area contributed by atoms with Crippen molar-refractivity contribution in [3.63, 3.8) is 0 Å². The van der Waals surface area contributed by atoms with Gasteiger partial charge in [0.25, 0.3) is 5.91 Å². The maximum Gasteiger partial charge on any atom is 0.262 e. The zero-order valence-corrected chi connectivity index (χ0v) is 12.5. The van der Waals surface area contributed by atoms with Crippen LogP contribution in [-0.4, -0.2) is 11.9 Å². The standard InChI is InChI=1S/C19H19NO2/c21-19-15-10-4-6-12-17(15)22-18-13-7-5-11-16(18)20(19)14-8-2-1-3-9-14/h4-7,10-14H,1-3,8-9H2. The van der Waals surface area contributed by atoms with Crippen LogP contribution in [0, 0.1) is 0 Å². The number of benzene rings is 2. The summed E-state index contributed by atoms with van der Waals surface area (Å²) in [5, 5.41) is 0. The Morgan fingerprint density at radius 3 is 2.36 bits per heavy atom. The molecule has 3 heteroatoms. The summed E-state index contributed by atoms with van der Waals surface area (Å²) in [5.41, 5.74) is 1.56. The number of rotatable bonds is 1. The fourth-order valence-electron chi connectivity index (χ4n) is 3.53. The minimum Gasteiger partial charge on any atom is -0.454 e. The van der Waals surface area contributed by atoms with Crippen LogP contribution < -0.4 is 9.64 Å². The third-order valence-corrected chi connectivity index (χ3v) is 4.62. The van der Waals surface area contributed by atoms with E-state index in [0.29, 0.717) is 11.3 Å². The van der Waals surface area contributed by atoms with Crippen LogP contribution in [0.25, 0.3) is 0 Å². The van der Waals surface area contributed by atoms with E-state index in [0.717, 1.165) is 24.3 Å². The predicted octanol–water partition coefficient (Wildman–Crippen LogP) is 4.77. The van der Waals surface area contributed by atoms with E-state index in [-0.39, 0.29) is 11.9 Å². The van der Waals surface area contributed by atoms with Crippen molar-refractivity contribution >= 4 is 11.6 Å². The number of carbonyl (C=O) groups excluding carboxylic acids is 1. The third kappa shape index (κ3) is 2.17. The summed E-state index contributed by atoms with van der Waals surface area (Å²) < 4.78 is 6.03. The van der Waals surface area contributed by atoms with E-state index in [1.165, 1.54) is 19.3 Å². The molecule has 2 aromatic carbocycles. The molecule has 0 unspecified atom stereocenters. The second-order valence-electron chi connectivity index (χ2n) is 6.03. The van der Waals surface area contributed by atoms with Crippen molar-refractivity contribution in [3.8, 4) is 11.5 Å². The van der Waals surface area contributed by atoms with Crippen LogP contribution in [0.2, 0.25) is 0 Å². The van der Waals surface area contributed by atoms with Crippen molar-refractivity contribution in [2.24, 2.45) is 0 Å². The molecule has 0 atom stereocenters. The number of nitrogens with zero attached hydrogens (tertiary/aromatic N) is 1. The molecule has 112 valence electrons. The average molecular weight is 293 g/mol. The van der Waals surface area contributed by atoms with Crippen molar-refractivity contribution in [2.45, 2.75) is 38.1 Å². The second-order valence-corrected chi connectivity index (χ2v) is 6.03. The molecular formula is C19H19NO2. The molecule has 3 nitrogen and oxygen atoms in total. The van der Waals surface area contributed by atoms with Crippen LogP contribution in [0.3, 0.4) is 0 Å². The van der Waals surface area contributed by atoms with E-state index in [9.17, 15) is 4.79 Å². The molecule has 0 bridgehead atoms. The van der Waals surface area contributed by atoms with Crippen LogP contribution in [0.15, 0.2) is 48.5 Å². The molecule has 1 amide bonds. The highest BCUT2D eigenvalue weighted by molar-refractivity contribution is 6.10. The van der Waals surface area contributed by atoms with Crippen LogP contribution >= 0.6 is 0 Å². The Bertz CT molecular complexity index is 704. The number of amides is 1. The van der Waals surface area contributed by atoms with Gasteiger partial charge < -0.3 is 9.64 Å². The molecule has 1 aliphatic carbocycles. The molecule has 0 radical (unpaired) electrons. The molecular weight excluding hydrogens is 274 g/mol. The van der Waals surface area contributed by atoms with Gasteiger partial charge in [0.1, 0.15) is 5.75 Å². The summed E-state index contributed by atoms with van der Waals surface area (Å²) in [6.07, 6.45) is 5.80. The minimum absolute atomic E-state index is 0.0625. The normalized spacial score (nSPS) is 18.2. The minimum atomic E-state index is 0.0625. The number of para-hydroxylation sites is 3. The predicted molar refractivity (Wildman–Crippen MR) is 86.6 cm³/mol. The first kappa shape index (κ1) is 13.4. The van der Waals surface area contributed by atoms with Gasteiger partial charge >= 0.3 is 0 Å². The fraction of sp³-hybridized carbons (Fsp3) is 0.316. The number of carbonyl (C=O) groups is 1. The van der Waals surface area contributed by atoms with Crippen LogP contribution in [-0.2, 0) is 0 Å². The smallest absolute Gasteiger partial charge is 0.262 e. The Kier molecular flexibility index (Phi) is 3.34. The number of fused-ring (bicyclic) bond motifs is 2. The highest BCUT2D eigenvalue weighted by atomic mass is 16.5. The molecule has 2 aliphatic rings. The van der Waals surface area contributed by atoms with E-state index < -0.39 is 0 Å². The topological polar surface area (TPSA) is 29.5 Å². The number of hydrogen-bond donors (Lipinski definition) is 0. The number of ether oxygens (including phenoxy) is 1. The van der Waals surface area contributed by atoms with Gasteiger partial charge in [-0.1, -0.05) is 43.5 Å². The van der Waals surface area contributed by atoms with Gasteiger partial charge in [0, 0.05) is 6.04 Å². The molecule has 0 saturated heterocycles. The maximum absolute atomic E-state index is 13.1. The Morgan fingerprint density at radius 2 is 1.55 bits per heavy atom. The van der Waals surface area contributed by atoms with Gasteiger partial charge in [-0.2, -0.15) is 0 Å². The Morgan fingerprint density at radius 1 is 0.864 bits per heavy atom. The van der Waals surface area contributed by atoms with Gasteiger partial charge in [0.05, 0.1) is 11.3 Å². The zero-order chi connectivity index (χ0) is 14.9. The molecule has 1 heterocycles. The average Bonchev–Trinajstić information content (AvgIpc) is 2.70. The summed E-state index contributed by atoms with van der Waals surface area (Å²) in [7, 11) is 0. The Balaban J connectivity index is 1.86.